The lowest BCUT2D eigenvalue weighted by atomic mass is 10.2. The zero-order valence-electron chi connectivity index (χ0n) is 17.1. The van der Waals surface area contributed by atoms with Gasteiger partial charge in [-0.3, -0.25) is 9.59 Å². The maximum absolute atomic E-state index is 12.8. The van der Waals surface area contributed by atoms with Crippen molar-refractivity contribution in [1.29, 1.82) is 0 Å². The van der Waals surface area contributed by atoms with Gasteiger partial charge in [-0.05, 0) is 65.9 Å². The van der Waals surface area contributed by atoms with Crippen molar-refractivity contribution in [3.05, 3.63) is 88.3 Å². The molecule has 0 bridgehead atoms. The molecule has 0 N–H and O–H groups in total. The van der Waals surface area contributed by atoms with Crippen LogP contribution in [0.15, 0.2) is 82.6 Å². The van der Waals surface area contributed by atoms with Crippen molar-refractivity contribution < 1.29 is 26.9 Å². The van der Waals surface area contributed by atoms with Gasteiger partial charge in [-0.2, -0.15) is 8.42 Å². The molecule has 10 heteroatoms. The largest absolute Gasteiger partial charge is 0.493 e. The number of benzene rings is 3. The lowest BCUT2D eigenvalue weighted by Gasteiger charge is -2.12. The first-order valence-corrected chi connectivity index (χ1v) is 12.1. The third kappa shape index (κ3) is 4.90. The van der Waals surface area contributed by atoms with E-state index >= 15 is 0 Å². The minimum atomic E-state index is -4.05. The molecule has 0 aliphatic carbocycles. The summed E-state index contributed by atoms with van der Waals surface area (Å²) in [6.07, 6.45) is 1.52. The van der Waals surface area contributed by atoms with Crippen LogP contribution in [-0.4, -0.2) is 26.7 Å². The molecule has 2 amide bonds. The predicted octanol–water partition coefficient (Wildman–Crippen LogP) is 5.36. The Morgan fingerprint density at radius 2 is 1.70 bits per heavy atom. The van der Waals surface area contributed by atoms with E-state index in [0.29, 0.717) is 16.3 Å². The van der Waals surface area contributed by atoms with Crippen LogP contribution in [0.4, 0.5) is 10.5 Å². The number of imide groups is 1. The van der Waals surface area contributed by atoms with E-state index in [9.17, 15) is 18.0 Å². The summed E-state index contributed by atoms with van der Waals surface area (Å²) in [4.78, 5) is 26.5. The first-order chi connectivity index (χ1) is 15.8. The average molecular weight is 502 g/mol. The Morgan fingerprint density at radius 3 is 2.39 bits per heavy atom. The summed E-state index contributed by atoms with van der Waals surface area (Å²) < 4.78 is 35.6. The highest BCUT2D eigenvalue weighted by Gasteiger charge is 2.36. The highest BCUT2D eigenvalue weighted by Crippen LogP contribution is 2.38. The van der Waals surface area contributed by atoms with Crippen molar-refractivity contribution in [1.82, 2.24) is 0 Å². The van der Waals surface area contributed by atoms with Gasteiger partial charge in [0, 0.05) is 5.02 Å². The Kier molecular flexibility index (Phi) is 6.46. The molecule has 1 fully saturated rings. The average Bonchev–Trinajstić information content (AvgIpc) is 3.07. The number of ether oxygens (including phenoxy) is 1. The Labute approximate surface area is 199 Å². The van der Waals surface area contributed by atoms with Crippen molar-refractivity contribution in [2.45, 2.75) is 4.90 Å². The van der Waals surface area contributed by atoms with Gasteiger partial charge in [0.2, 0.25) is 0 Å². The Balaban J connectivity index is 1.60. The molecule has 168 valence electrons. The van der Waals surface area contributed by atoms with Crippen molar-refractivity contribution in [3.8, 4) is 11.5 Å². The molecule has 4 rings (SSSR count). The standard InChI is InChI=1S/C23H16ClNO6S2/c1-30-20-12-15(10-11-19(20)31-33(28,29)18-8-3-2-4-9-18)13-21-22(26)25(23(27)32-21)17-7-5-6-16(24)14-17/h2-14H,1H3/b21-13+. The molecular weight excluding hydrogens is 486 g/mol. The molecule has 0 unspecified atom stereocenters. The summed E-state index contributed by atoms with van der Waals surface area (Å²) in [6, 6.07) is 18.7. The smallest absolute Gasteiger partial charge is 0.339 e. The van der Waals surface area contributed by atoms with Gasteiger partial charge >= 0.3 is 10.1 Å². The summed E-state index contributed by atoms with van der Waals surface area (Å²) >= 11 is 6.77. The molecule has 1 heterocycles. The Bertz CT molecular complexity index is 1370. The summed E-state index contributed by atoms with van der Waals surface area (Å²) in [5, 5.41) is -0.0456. The second kappa shape index (κ2) is 9.30. The number of thioether (sulfide) groups is 1. The number of carbonyl (C=O) groups is 2. The molecule has 1 saturated heterocycles. The normalized spacial score (nSPS) is 15.2. The van der Waals surface area contributed by atoms with E-state index in [1.165, 1.54) is 43.5 Å². The number of hydrogen-bond acceptors (Lipinski definition) is 7. The number of halogens is 1. The minimum Gasteiger partial charge on any atom is -0.493 e. The number of hydrogen-bond donors (Lipinski definition) is 0. The van der Waals surface area contributed by atoms with Gasteiger partial charge in [0.15, 0.2) is 11.5 Å². The SMILES string of the molecule is COc1cc(/C=C2/SC(=O)N(c3cccc(Cl)c3)C2=O)ccc1OS(=O)(=O)c1ccccc1. The van der Waals surface area contributed by atoms with Crippen molar-refractivity contribution in [2.75, 3.05) is 12.0 Å². The van der Waals surface area contributed by atoms with Gasteiger partial charge in [0.1, 0.15) is 4.90 Å². The summed E-state index contributed by atoms with van der Waals surface area (Å²) in [5.41, 5.74) is 0.897. The number of rotatable bonds is 6. The molecular formula is C23H16ClNO6S2. The van der Waals surface area contributed by atoms with Crippen molar-refractivity contribution in [3.63, 3.8) is 0 Å². The van der Waals surface area contributed by atoms with E-state index in [-0.39, 0.29) is 21.3 Å². The monoisotopic (exact) mass is 501 g/mol. The zero-order valence-corrected chi connectivity index (χ0v) is 19.5. The molecule has 0 saturated carbocycles. The fraction of sp³-hybridized carbons (Fsp3) is 0.0435. The number of amides is 2. The van der Waals surface area contributed by atoms with Gasteiger partial charge in [-0.15, -0.1) is 0 Å². The molecule has 0 radical (unpaired) electrons. The maximum Gasteiger partial charge on any atom is 0.339 e. The molecule has 1 aliphatic rings. The third-order valence-electron chi connectivity index (χ3n) is 4.58. The van der Waals surface area contributed by atoms with Crippen LogP contribution in [0.1, 0.15) is 5.56 Å². The quantitative estimate of drug-likeness (QED) is 0.332. The molecule has 7 nitrogen and oxygen atoms in total. The summed E-state index contributed by atoms with van der Waals surface area (Å²) in [7, 11) is -2.69. The van der Waals surface area contributed by atoms with E-state index in [1.807, 2.05) is 0 Å². The van der Waals surface area contributed by atoms with Gasteiger partial charge in [-0.25, -0.2) is 4.90 Å². The van der Waals surface area contributed by atoms with E-state index in [2.05, 4.69) is 0 Å². The second-order valence-electron chi connectivity index (χ2n) is 6.76. The molecule has 3 aromatic rings. The topological polar surface area (TPSA) is 90.0 Å². The summed E-state index contributed by atoms with van der Waals surface area (Å²) in [6.45, 7) is 0. The van der Waals surface area contributed by atoms with Gasteiger partial charge in [0.25, 0.3) is 11.1 Å². The van der Waals surface area contributed by atoms with Crippen LogP contribution in [0.3, 0.4) is 0 Å². The minimum absolute atomic E-state index is 0.00539. The number of anilines is 1. The molecule has 33 heavy (non-hydrogen) atoms. The van der Waals surface area contributed by atoms with Crippen molar-refractivity contribution >= 4 is 56.4 Å². The van der Waals surface area contributed by atoms with Crippen molar-refractivity contribution in [2.24, 2.45) is 0 Å². The van der Waals surface area contributed by atoms with Crippen LogP contribution in [0, 0.1) is 0 Å². The number of nitrogens with zero attached hydrogens (tertiary/aromatic N) is 1. The van der Waals surface area contributed by atoms with Gasteiger partial charge in [0.05, 0.1) is 17.7 Å². The number of carbonyl (C=O) groups excluding carboxylic acids is 2. The van der Waals surface area contributed by atoms with Crippen LogP contribution >= 0.6 is 23.4 Å². The van der Waals surface area contributed by atoms with E-state index < -0.39 is 21.3 Å². The Hall–Kier alpha value is -3.27. The first kappa shape index (κ1) is 22.9. The van der Waals surface area contributed by atoms with E-state index in [4.69, 9.17) is 20.5 Å². The molecule has 0 atom stereocenters. The first-order valence-electron chi connectivity index (χ1n) is 9.49. The lowest BCUT2D eigenvalue weighted by molar-refractivity contribution is -0.113. The second-order valence-corrected chi connectivity index (χ2v) is 9.73. The fourth-order valence-corrected chi connectivity index (χ4v) is 5.04. The van der Waals surface area contributed by atoms with Gasteiger partial charge < -0.3 is 8.92 Å². The van der Waals surface area contributed by atoms with Gasteiger partial charge in [-0.1, -0.05) is 41.9 Å². The third-order valence-corrected chi connectivity index (χ3v) is 6.93. The lowest BCUT2D eigenvalue weighted by Crippen LogP contribution is -2.27. The van der Waals surface area contributed by atoms with E-state index in [0.717, 1.165) is 16.7 Å². The molecule has 0 spiro atoms. The molecule has 0 aromatic heterocycles. The maximum atomic E-state index is 12.8. The highest BCUT2D eigenvalue weighted by molar-refractivity contribution is 8.19. The van der Waals surface area contributed by atoms with Crippen LogP contribution in [0.5, 0.6) is 11.5 Å². The van der Waals surface area contributed by atoms with E-state index in [1.54, 1.807) is 42.5 Å². The fourth-order valence-electron chi connectivity index (χ4n) is 3.05. The zero-order chi connectivity index (χ0) is 23.6. The summed E-state index contributed by atoms with van der Waals surface area (Å²) in [5.74, 6) is -0.346. The highest BCUT2D eigenvalue weighted by atomic mass is 35.5. The number of methoxy groups -OCH3 is 1. The van der Waals surface area contributed by atoms with Crippen LogP contribution < -0.4 is 13.8 Å². The molecule has 1 aliphatic heterocycles. The van der Waals surface area contributed by atoms with Crippen LogP contribution in [-0.2, 0) is 14.9 Å². The Morgan fingerprint density at radius 1 is 0.939 bits per heavy atom. The predicted molar refractivity (Wildman–Crippen MR) is 127 cm³/mol. The molecule has 3 aromatic carbocycles. The van der Waals surface area contributed by atoms with Crippen LogP contribution in [0.25, 0.3) is 6.08 Å². The van der Waals surface area contributed by atoms with Crippen LogP contribution in [0.2, 0.25) is 5.02 Å².